The fourth-order valence-corrected chi connectivity index (χ4v) is 3.33. The molecule has 1 aromatic carbocycles. The molecule has 0 amide bonds. The molecule has 0 aliphatic carbocycles. The van der Waals surface area contributed by atoms with Crippen LogP contribution in [0, 0.1) is 0 Å². The molecule has 19 heavy (non-hydrogen) atoms. The predicted octanol–water partition coefficient (Wildman–Crippen LogP) is 3.64. The average Bonchev–Trinajstić information content (AvgIpc) is 3.12. The molecular weight excluding hydrogens is 252 g/mol. The van der Waals surface area contributed by atoms with Gasteiger partial charge in [-0.05, 0) is 46.9 Å². The minimum atomic E-state index is 0.947. The first kappa shape index (κ1) is 12.7. The minimum absolute atomic E-state index is 0.947. The molecule has 1 fully saturated rings. The molecule has 0 radical (unpaired) electrons. The van der Waals surface area contributed by atoms with Crippen molar-refractivity contribution in [2.45, 2.75) is 25.9 Å². The Morgan fingerprint density at radius 2 is 1.89 bits per heavy atom. The van der Waals surface area contributed by atoms with Gasteiger partial charge in [0.1, 0.15) is 0 Å². The molecule has 0 spiro atoms. The van der Waals surface area contributed by atoms with Gasteiger partial charge in [-0.1, -0.05) is 18.2 Å². The third-order valence-corrected chi connectivity index (χ3v) is 4.40. The highest BCUT2D eigenvalue weighted by molar-refractivity contribution is 7.07. The monoisotopic (exact) mass is 272 g/mol. The highest BCUT2D eigenvalue weighted by Gasteiger charge is 2.14. The Kier molecular flexibility index (Phi) is 4.16. The van der Waals surface area contributed by atoms with Gasteiger partial charge in [-0.25, -0.2) is 0 Å². The maximum atomic E-state index is 3.55. The summed E-state index contributed by atoms with van der Waals surface area (Å²) < 4.78 is 0. The molecule has 0 saturated carbocycles. The first-order valence-corrected chi connectivity index (χ1v) is 7.92. The summed E-state index contributed by atoms with van der Waals surface area (Å²) in [5.41, 5.74) is 4.21. The third-order valence-electron chi connectivity index (χ3n) is 3.66. The number of rotatable bonds is 5. The van der Waals surface area contributed by atoms with Crippen molar-refractivity contribution in [3.8, 4) is 0 Å². The SMILES string of the molecule is c1ccc(N2CCCC2)c(CNCc2ccsc2)c1. The van der Waals surface area contributed by atoms with E-state index in [2.05, 4.69) is 51.3 Å². The van der Waals surface area contributed by atoms with Crippen LogP contribution in [0.1, 0.15) is 24.0 Å². The summed E-state index contributed by atoms with van der Waals surface area (Å²) in [6, 6.07) is 11.0. The Balaban J connectivity index is 1.63. The van der Waals surface area contributed by atoms with Crippen LogP contribution in [0.15, 0.2) is 41.1 Å². The summed E-state index contributed by atoms with van der Waals surface area (Å²) in [5.74, 6) is 0. The van der Waals surface area contributed by atoms with Gasteiger partial charge >= 0.3 is 0 Å². The summed E-state index contributed by atoms with van der Waals surface area (Å²) in [6.07, 6.45) is 2.66. The molecule has 0 atom stereocenters. The first-order valence-electron chi connectivity index (χ1n) is 6.98. The minimum Gasteiger partial charge on any atom is -0.371 e. The molecule has 3 rings (SSSR count). The second-order valence-corrected chi connectivity index (χ2v) is 5.84. The van der Waals surface area contributed by atoms with E-state index in [4.69, 9.17) is 0 Å². The molecule has 2 heterocycles. The van der Waals surface area contributed by atoms with E-state index in [0.717, 1.165) is 13.1 Å². The van der Waals surface area contributed by atoms with Crippen LogP contribution in [0.2, 0.25) is 0 Å². The Morgan fingerprint density at radius 3 is 2.68 bits per heavy atom. The molecule has 0 bridgehead atoms. The van der Waals surface area contributed by atoms with E-state index in [9.17, 15) is 0 Å². The number of thiophene rings is 1. The Morgan fingerprint density at radius 1 is 1.05 bits per heavy atom. The Bertz CT molecular complexity index is 501. The zero-order chi connectivity index (χ0) is 12.9. The molecule has 1 saturated heterocycles. The van der Waals surface area contributed by atoms with Crippen molar-refractivity contribution >= 4 is 17.0 Å². The molecule has 2 nitrogen and oxygen atoms in total. The highest BCUT2D eigenvalue weighted by Crippen LogP contribution is 2.24. The second-order valence-electron chi connectivity index (χ2n) is 5.06. The van der Waals surface area contributed by atoms with Gasteiger partial charge in [-0.15, -0.1) is 0 Å². The second kappa shape index (κ2) is 6.22. The Hall–Kier alpha value is -1.32. The molecule has 1 aliphatic heterocycles. The fourth-order valence-electron chi connectivity index (χ4n) is 2.66. The van der Waals surface area contributed by atoms with Gasteiger partial charge in [-0.3, -0.25) is 0 Å². The summed E-state index contributed by atoms with van der Waals surface area (Å²) in [6.45, 7) is 4.32. The van der Waals surface area contributed by atoms with Crippen LogP contribution in [-0.2, 0) is 13.1 Å². The number of para-hydroxylation sites is 1. The number of benzene rings is 1. The molecular formula is C16H20N2S. The topological polar surface area (TPSA) is 15.3 Å². The van der Waals surface area contributed by atoms with Crippen LogP contribution in [0.5, 0.6) is 0 Å². The number of anilines is 1. The van der Waals surface area contributed by atoms with E-state index in [1.165, 1.54) is 42.7 Å². The lowest BCUT2D eigenvalue weighted by Crippen LogP contribution is -2.21. The first-order chi connectivity index (χ1) is 9.43. The molecule has 2 aromatic rings. The lowest BCUT2D eigenvalue weighted by Gasteiger charge is -2.21. The quantitative estimate of drug-likeness (QED) is 0.894. The van der Waals surface area contributed by atoms with Gasteiger partial charge < -0.3 is 10.2 Å². The number of hydrogen-bond acceptors (Lipinski definition) is 3. The lowest BCUT2D eigenvalue weighted by molar-refractivity contribution is 0.693. The zero-order valence-electron chi connectivity index (χ0n) is 11.1. The zero-order valence-corrected chi connectivity index (χ0v) is 12.0. The van der Waals surface area contributed by atoms with Gasteiger partial charge in [0.2, 0.25) is 0 Å². The smallest absolute Gasteiger partial charge is 0.0411 e. The van der Waals surface area contributed by atoms with Gasteiger partial charge in [0, 0.05) is 31.9 Å². The molecule has 1 aromatic heterocycles. The van der Waals surface area contributed by atoms with Crippen molar-refractivity contribution in [2.24, 2.45) is 0 Å². The van der Waals surface area contributed by atoms with Crippen molar-refractivity contribution in [3.63, 3.8) is 0 Å². The molecule has 0 unspecified atom stereocenters. The van der Waals surface area contributed by atoms with Crippen molar-refractivity contribution in [1.82, 2.24) is 5.32 Å². The highest BCUT2D eigenvalue weighted by atomic mass is 32.1. The van der Waals surface area contributed by atoms with Crippen LogP contribution in [0.3, 0.4) is 0 Å². The standard InChI is InChI=1S/C16H20N2S/c1-2-6-16(18-8-3-4-9-18)15(5-1)12-17-11-14-7-10-19-13-14/h1-2,5-7,10,13,17H,3-4,8-9,11-12H2. The Labute approximate surface area is 119 Å². The summed E-state index contributed by atoms with van der Waals surface area (Å²) in [4.78, 5) is 2.52. The van der Waals surface area contributed by atoms with Gasteiger partial charge in [-0.2, -0.15) is 11.3 Å². The van der Waals surface area contributed by atoms with Crippen LogP contribution in [-0.4, -0.2) is 13.1 Å². The molecule has 100 valence electrons. The molecule has 1 N–H and O–H groups in total. The van der Waals surface area contributed by atoms with Crippen LogP contribution < -0.4 is 10.2 Å². The lowest BCUT2D eigenvalue weighted by atomic mass is 10.1. The van der Waals surface area contributed by atoms with Crippen molar-refractivity contribution in [2.75, 3.05) is 18.0 Å². The third kappa shape index (κ3) is 3.17. The van der Waals surface area contributed by atoms with Gasteiger partial charge in [0.05, 0.1) is 0 Å². The summed E-state index contributed by atoms with van der Waals surface area (Å²) >= 11 is 1.76. The summed E-state index contributed by atoms with van der Waals surface area (Å²) in [5, 5.41) is 7.89. The van der Waals surface area contributed by atoms with Crippen molar-refractivity contribution in [3.05, 3.63) is 52.2 Å². The van der Waals surface area contributed by atoms with E-state index >= 15 is 0 Å². The van der Waals surface area contributed by atoms with Crippen LogP contribution in [0.4, 0.5) is 5.69 Å². The summed E-state index contributed by atoms with van der Waals surface area (Å²) in [7, 11) is 0. The van der Waals surface area contributed by atoms with E-state index in [1.54, 1.807) is 11.3 Å². The number of hydrogen-bond donors (Lipinski definition) is 1. The van der Waals surface area contributed by atoms with E-state index in [1.807, 2.05) is 0 Å². The van der Waals surface area contributed by atoms with Gasteiger partial charge in [0.25, 0.3) is 0 Å². The predicted molar refractivity (Wildman–Crippen MR) is 82.8 cm³/mol. The van der Waals surface area contributed by atoms with E-state index in [0.29, 0.717) is 0 Å². The van der Waals surface area contributed by atoms with Gasteiger partial charge in [0.15, 0.2) is 0 Å². The fraction of sp³-hybridized carbons (Fsp3) is 0.375. The maximum absolute atomic E-state index is 3.55. The van der Waals surface area contributed by atoms with Crippen LogP contribution >= 0.6 is 11.3 Å². The average molecular weight is 272 g/mol. The van der Waals surface area contributed by atoms with Crippen LogP contribution in [0.25, 0.3) is 0 Å². The number of nitrogens with zero attached hydrogens (tertiary/aromatic N) is 1. The molecule has 1 aliphatic rings. The molecule has 3 heteroatoms. The van der Waals surface area contributed by atoms with Crippen molar-refractivity contribution < 1.29 is 0 Å². The van der Waals surface area contributed by atoms with E-state index < -0.39 is 0 Å². The maximum Gasteiger partial charge on any atom is 0.0411 e. The number of nitrogens with one attached hydrogen (secondary N) is 1. The normalized spacial score (nSPS) is 15.1. The largest absolute Gasteiger partial charge is 0.371 e. The van der Waals surface area contributed by atoms with Crippen molar-refractivity contribution in [1.29, 1.82) is 0 Å². The van der Waals surface area contributed by atoms with E-state index in [-0.39, 0.29) is 0 Å².